The Kier molecular flexibility index (Phi) is 13.6. The summed E-state index contributed by atoms with van der Waals surface area (Å²) < 4.78 is 10.5. The van der Waals surface area contributed by atoms with E-state index < -0.39 is 0 Å². The molecular formula is C23H42O3. The zero-order chi connectivity index (χ0) is 18.9. The van der Waals surface area contributed by atoms with Crippen LogP contribution in [0.3, 0.4) is 0 Å². The number of esters is 1. The Bertz CT molecular complexity index is 372. The van der Waals surface area contributed by atoms with Crippen LogP contribution in [-0.4, -0.2) is 25.8 Å². The zero-order valence-corrected chi connectivity index (χ0v) is 17.4. The molecule has 0 amide bonds. The molecule has 0 aromatic heterocycles. The van der Waals surface area contributed by atoms with Gasteiger partial charge in [-0.05, 0) is 32.1 Å². The lowest BCUT2D eigenvalue weighted by Gasteiger charge is -2.37. The van der Waals surface area contributed by atoms with Crippen molar-refractivity contribution in [2.45, 2.75) is 104 Å². The van der Waals surface area contributed by atoms with Gasteiger partial charge in [-0.3, -0.25) is 4.79 Å². The lowest BCUT2D eigenvalue weighted by Crippen LogP contribution is -2.44. The maximum atomic E-state index is 11.7. The molecule has 0 bridgehead atoms. The molecule has 26 heavy (non-hydrogen) atoms. The van der Waals surface area contributed by atoms with Gasteiger partial charge in [-0.25, -0.2) is 0 Å². The van der Waals surface area contributed by atoms with E-state index >= 15 is 0 Å². The molecular weight excluding hydrogens is 324 g/mol. The summed E-state index contributed by atoms with van der Waals surface area (Å²) in [5.74, 6) is -0.0456. The number of hydrogen-bond donors (Lipinski definition) is 0. The second-order valence-electron chi connectivity index (χ2n) is 8.30. The smallest absolute Gasteiger partial charge is 0.305 e. The molecule has 0 atom stereocenters. The Balaban J connectivity index is 1.77. The molecule has 1 aliphatic heterocycles. The average Bonchev–Trinajstić information content (AvgIpc) is 2.61. The summed E-state index contributed by atoms with van der Waals surface area (Å²) in [6, 6.07) is 0. The molecule has 1 aliphatic rings. The predicted molar refractivity (Wildman–Crippen MR) is 109 cm³/mol. The standard InChI is InChI=1S/C23H42O3/c1-3-4-5-6-7-8-9-10-11-12-13-14-15-16-17-18-22(24)26-21-23(2)19-25-20-23/h10-11H,3-9,12-21H2,1-2H3/b11-10+. The van der Waals surface area contributed by atoms with E-state index in [1.807, 2.05) is 0 Å². The van der Waals surface area contributed by atoms with Crippen molar-refractivity contribution in [2.75, 3.05) is 19.8 Å². The summed E-state index contributed by atoms with van der Waals surface area (Å²) >= 11 is 0. The maximum absolute atomic E-state index is 11.7. The van der Waals surface area contributed by atoms with Crippen LogP contribution < -0.4 is 0 Å². The van der Waals surface area contributed by atoms with Crippen molar-refractivity contribution in [3.63, 3.8) is 0 Å². The molecule has 1 saturated heterocycles. The van der Waals surface area contributed by atoms with E-state index in [-0.39, 0.29) is 11.4 Å². The molecule has 0 aromatic carbocycles. The van der Waals surface area contributed by atoms with Crippen LogP contribution in [0.1, 0.15) is 104 Å². The minimum absolute atomic E-state index is 0.0456. The van der Waals surface area contributed by atoms with Gasteiger partial charge in [0.2, 0.25) is 0 Å². The number of carbonyl (C=O) groups is 1. The summed E-state index contributed by atoms with van der Waals surface area (Å²) in [7, 11) is 0. The number of rotatable bonds is 17. The van der Waals surface area contributed by atoms with Crippen LogP contribution in [0.5, 0.6) is 0 Å². The number of carbonyl (C=O) groups excluding carboxylic acids is 1. The van der Waals surface area contributed by atoms with Gasteiger partial charge in [0.25, 0.3) is 0 Å². The quantitative estimate of drug-likeness (QED) is 0.165. The SMILES string of the molecule is CCCCCCCC/C=C/CCCCCCCC(=O)OCC1(C)COC1. The van der Waals surface area contributed by atoms with Gasteiger partial charge in [-0.1, -0.05) is 77.4 Å². The van der Waals surface area contributed by atoms with Crippen LogP contribution in [0, 0.1) is 5.41 Å². The molecule has 3 heteroatoms. The summed E-state index contributed by atoms with van der Waals surface area (Å²) in [4.78, 5) is 11.7. The Morgan fingerprint density at radius 3 is 1.96 bits per heavy atom. The second kappa shape index (κ2) is 15.2. The Morgan fingerprint density at radius 1 is 0.885 bits per heavy atom. The molecule has 1 rings (SSSR count). The van der Waals surface area contributed by atoms with Crippen LogP contribution in [0.4, 0.5) is 0 Å². The van der Waals surface area contributed by atoms with Crippen molar-refractivity contribution < 1.29 is 14.3 Å². The number of ether oxygens (including phenoxy) is 2. The van der Waals surface area contributed by atoms with E-state index in [9.17, 15) is 4.79 Å². The van der Waals surface area contributed by atoms with Crippen LogP contribution in [0.2, 0.25) is 0 Å². The van der Waals surface area contributed by atoms with E-state index in [1.165, 1.54) is 70.6 Å². The molecule has 3 nitrogen and oxygen atoms in total. The Labute approximate surface area is 161 Å². The van der Waals surface area contributed by atoms with Gasteiger partial charge in [-0.2, -0.15) is 0 Å². The molecule has 152 valence electrons. The third-order valence-corrected chi connectivity index (χ3v) is 5.13. The number of allylic oxidation sites excluding steroid dienone is 2. The molecule has 0 saturated carbocycles. The predicted octanol–water partition coefficient (Wildman–Crippen LogP) is 6.60. The first-order valence-electron chi connectivity index (χ1n) is 11.0. The number of hydrogen-bond acceptors (Lipinski definition) is 3. The summed E-state index contributed by atoms with van der Waals surface area (Å²) in [5.41, 5.74) is 0.0677. The van der Waals surface area contributed by atoms with Gasteiger partial charge < -0.3 is 9.47 Å². The molecule has 0 aliphatic carbocycles. The van der Waals surface area contributed by atoms with E-state index in [1.54, 1.807) is 0 Å². The second-order valence-corrected chi connectivity index (χ2v) is 8.30. The lowest BCUT2D eigenvalue weighted by molar-refractivity contribution is -0.165. The van der Waals surface area contributed by atoms with E-state index in [0.717, 1.165) is 12.8 Å². The summed E-state index contributed by atoms with van der Waals surface area (Å²) in [6.07, 6.45) is 21.9. The first kappa shape index (κ1) is 23.2. The van der Waals surface area contributed by atoms with Gasteiger partial charge >= 0.3 is 5.97 Å². The van der Waals surface area contributed by atoms with Crippen molar-refractivity contribution in [3.05, 3.63) is 12.2 Å². The van der Waals surface area contributed by atoms with E-state index in [4.69, 9.17) is 9.47 Å². The fourth-order valence-electron chi connectivity index (χ4n) is 3.20. The van der Waals surface area contributed by atoms with E-state index in [2.05, 4.69) is 26.0 Å². The van der Waals surface area contributed by atoms with Gasteiger partial charge in [0.15, 0.2) is 0 Å². The normalized spacial score (nSPS) is 15.9. The molecule has 1 heterocycles. The van der Waals surface area contributed by atoms with Crippen LogP contribution >= 0.6 is 0 Å². The lowest BCUT2D eigenvalue weighted by atomic mass is 9.90. The highest BCUT2D eigenvalue weighted by atomic mass is 16.5. The Hall–Kier alpha value is -0.830. The third-order valence-electron chi connectivity index (χ3n) is 5.13. The highest BCUT2D eigenvalue weighted by Gasteiger charge is 2.34. The minimum Gasteiger partial charge on any atom is -0.465 e. The minimum atomic E-state index is -0.0456. The van der Waals surface area contributed by atoms with Crippen molar-refractivity contribution >= 4 is 5.97 Å². The van der Waals surface area contributed by atoms with Crippen molar-refractivity contribution in [2.24, 2.45) is 5.41 Å². The van der Waals surface area contributed by atoms with Crippen LogP contribution in [0.15, 0.2) is 12.2 Å². The first-order valence-corrected chi connectivity index (χ1v) is 11.0. The average molecular weight is 367 g/mol. The highest BCUT2D eigenvalue weighted by molar-refractivity contribution is 5.69. The Morgan fingerprint density at radius 2 is 1.42 bits per heavy atom. The van der Waals surface area contributed by atoms with Gasteiger partial charge in [0, 0.05) is 11.8 Å². The van der Waals surface area contributed by atoms with Gasteiger partial charge in [0.05, 0.1) is 13.2 Å². The topological polar surface area (TPSA) is 35.5 Å². The molecule has 0 unspecified atom stereocenters. The fraction of sp³-hybridized carbons (Fsp3) is 0.870. The number of unbranched alkanes of at least 4 members (excludes halogenated alkanes) is 11. The zero-order valence-electron chi connectivity index (χ0n) is 17.4. The molecule has 0 radical (unpaired) electrons. The van der Waals surface area contributed by atoms with Gasteiger partial charge in [-0.15, -0.1) is 0 Å². The molecule has 1 fully saturated rings. The maximum Gasteiger partial charge on any atom is 0.305 e. The molecule has 0 aromatic rings. The van der Waals surface area contributed by atoms with Crippen LogP contribution in [-0.2, 0) is 14.3 Å². The third kappa shape index (κ3) is 12.5. The molecule has 0 spiro atoms. The highest BCUT2D eigenvalue weighted by Crippen LogP contribution is 2.26. The summed E-state index contributed by atoms with van der Waals surface area (Å²) in [5, 5.41) is 0. The first-order chi connectivity index (χ1) is 12.7. The van der Waals surface area contributed by atoms with Crippen molar-refractivity contribution in [1.82, 2.24) is 0 Å². The van der Waals surface area contributed by atoms with Crippen LogP contribution in [0.25, 0.3) is 0 Å². The van der Waals surface area contributed by atoms with Gasteiger partial charge in [0.1, 0.15) is 6.61 Å². The van der Waals surface area contributed by atoms with Crippen molar-refractivity contribution in [3.8, 4) is 0 Å². The van der Waals surface area contributed by atoms with E-state index in [0.29, 0.717) is 26.2 Å². The largest absolute Gasteiger partial charge is 0.465 e. The van der Waals surface area contributed by atoms with Crippen molar-refractivity contribution in [1.29, 1.82) is 0 Å². The summed E-state index contributed by atoms with van der Waals surface area (Å²) in [6.45, 7) is 6.31. The monoisotopic (exact) mass is 366 g/mol. The molecule has 0 N–H and O–H groups in total. The fourth-order valence-corrected chi connectivity index (χ4v) is 3.20.